The summed E-state index contributed by atoms with van der Waals surface area (Å²) in [6, 6.07) is 5.11. The zero-order chi connectivity index (χ0) is 13.1. The van der Waals surface area contributed by atoms with Gasteiger partial charge in [0.05, 0.1) is 28.5 Å². The van der Waals surface area contributed by atoms with Crippen LogP contribution in [-0.4, -0.2) is 23.2 Å². The predicted octanol–water partition coefficient (Wildman–Crippen LogP) is 3.09. The molecule has 5 nitrogen and oxygen atoms in total. The molecule has 1 amide bonds. The van der Waals surface area contributed by atoms with E-state index >= 15 is 0 Å². The second kappa shape index (κ2) is 5.41. The molecule has 0 atom stereocenters. The van der Waals surface area contributed by atoms with Gasteiger partial charge in [-0.2, -0.15) is 5.10 Å². The summed E-state index contributed by atoms with van der Waals surface area (Å²) in [5.74, 6) is 0.0862. The summed E-state index contributed by atoms with van der Waals surface area (Å²) in [5, 5.41) is 9.47. The van der Waals surface area contributed by atoms with Crippen LogP contribution in [0.1, 0.15) is 10.5 Å². The molecular formula is C11H9BrClN3O2. The fourth-order valence-electron chi connectivity index (χ4n) is 1.43. The summed E-state index contributed by atoms with van der Waals surface area (Å²) in [5.41, 5.74) is 0.827. The molecule has 7 heteroatoms. The number of para-hydroxylation sites is 1. The van der Waals surface area contributed by atoms with Gasteiger partial charge in [0.15, 0.2) is 5.75 Å². The molecule has 0 unspecified atom stereocenters. The fraction of sp³-hybridized carbons (Fsp3) is 0.0909. The van der Waals surface area contributed by atoms with E-state index in [9.17, 15) is 4.79 Å². The van der Waals surface area contributed by atoms with Crippen LogP contribution in [0.25, 0.3) is 0 Å². The molecule has 0 radical (unpaired) electrons. The third kappa shape index (κ3) is 2.49. The molecular weight excluding hydrogens is 321 g/mol. The van der Waals surface area contributed by atoms with Crippen LogP contribution in [0.15, 0.2) is 28.9 Å². The Labute approximate surface area is 117 Å². The normalized spacial score (nSPS) is 10.2. The van der Waals surface area contributed by atoms with Crippen LogP contribution in [0.4, 0.5) is 5.69 Å². The van der Waals surface area contributed by atoms with E-state index in [0.717, 1.165) is 0 Å². The van der Waals surface area contributed by atoms with E-state index in [-0.39, 0.29) is 5.91 Å². The number of carbonyl (C=O) groups excluding carboxylic acids is 1. The summed E-state index contributed by atoms with van der Waals surface area (Å²) in [7, 11) is 1.49. The number of hydrogen-bond acceptors (Lipinski definition) is 3. The lowest BCUT2D eigenvalue weighted by Gasteiger charge is -2.10. The van der Waals surface area contributed by atoms with Crippen molar-refractivity contribution >= 4 is 39.1 Å². The minimum Gasteiger partial charge on any atom is -0.493 e. The van der Waals surface area contributed by atoms with Crippen LogP contribution in [-0.2, 0) is 0 Å². The number of aromatic amines is 1. The van der Waals surface area contributed by atoms with Gasteiger partial charge in [0.2, 0.25) is 0 Å². The van der Waals surface area contributed by atoms with E-state index in [1.54, 1.807) is 18.2 Å². The number of H-pyrrole nitrogens is 1. The summed E-state index contributed by atoms with van der Waals surface area (Å²) in [6.07, 6.45) is 1.50. The Hall–Kier alpha value is -1.53. The average molecular weight is 331 g/mol. The first-order valence-corrected chi connectivity index (χ1v) is 6.13. The third-order valence-corrected chi connectivity index (χ3v) is 3.14. The number of nitrogens with one attached hydrogen (secondary N) is 2. The number of amides is 1. The molecule has 1 heterocycles. The molecule has 1 aromatic heterocycles. The van der Waals surface area contributed by atoms with E-state index in [2.05, 4.69) is 31.4 Å². The van der Waals surface area contributed by atoms with E-state index in [1.165, 1.54) is 13.3 Å². The monoisotopic (exact) mass is 329 g/mol. The summed E-state index contributed by atoms with van der Waals surface area (Å²) < 4.78 is 5.72. The lowest BCUT2D eigenvalue weighted by atomic mass is 10.2. The van der Waals surface area contributed by atoms with Gasteiger partial charge in [-0.1, -0.05) is 17.7 Å². The first kappa shape index (κ1) is 12.9. The van der Waals surface area contributed by atoms with Crippen LogP contribution in [0.5, 0.6) is 5.75 Å². The number of carbonyl (C=O) groups is 1. The van der Waals surface area contributed by atoms with Crippen LogP contribution < -0.4 is 10.1 Å². The quantitative estimate of drug-likeness (QED) is 0.909. The van der Waals surface area contributed by atoms with E-state index in [1.807, 2.05) is 0 Å². The number of methoxy groups -OCH3 is 1. The summed E-state index contributed by atoms with van der Waals surface area (Å²) in [4.78, 5) is 12.0. The van der Waals surface area contributed by atoms with Gasteiger partial charge in [-0.3, -0.25) is 9.89 Å². The third-order valence-electron chi connectivity index (χ3n) is 2.24. The van der Waals surface area contributed by atoms with Crippen LogP contribution in [0.3, 0.4) is 0 Å². The molecule has 2 N–H and O–H groups in total. The smallest absolute Gasteiger partial charge is 0.274 e. The highest BCUT2D eigenvalue weighted by atomic mass is 79.9. The molecule has 0 aliphatic rings. The van der Waals surface area contributed by atoms with Crippen molar-refractivity contribution in [1.29, 1.82) is 0 Å². The Balaban J connectivity index is 2.28. The van der Waals surface area contributed by atoms with Crippen molar-refractivity contribution in [3.8, 4) is 5.75 Å². The second-order valence-corrected chi connectivity index (χ2v) is 4.63. The highest BCUT2D eigenvalue weighted by molar-refractivity contribution is 9.10. The van der Waals surface area contributed by atoms with Crippen LogP contribution in [0, 0.1) is 0 Å². The van der Waals surface area contributed by atoms with Crippen molar-refractivity contribution in [2.45, 2.75) is 0 Å². The Kier molecular flexibility index (Phi) is 3.88. The van der Waals surface area contributed by atoms with Crippen molar-refractivity contribution in [2.24, 2.45) is 0 Å². The molecule has 0 aliphatic heterocycles. The van der Waals surface area contributed by atoms with Gasteiger partial charge in [-0.05, 0) is 28.1 Å². The minimum absolute atomic E-state index is 0.331. The molecule has 0 fully saturated rings. The molecule has 0 bridgehead atoms. The number of anilines is 1. The minimum atomic E-state index is -0.333. The van der Waals surface area contributed by atoms with Gasteiger partial charge in [-0.15, -0.1) is 0 Å². The molecule has 2 aromatic rings. The maximum atomic E-state index is 12.0. The standard InChI is InChI=1S/C11H9BrClN3O2/c1-18-10-7(13)3-2-4-8(10)15-11(17)9-6(12)5-14-16-9/h2-5H,1H3,(H,14,16)(H,15,17). The second-order valence-electron chi connectivity index (χ2n) is 3.37. The number of benzene rings is 1. The van der Waals surface area contributed by atoms with Gasteiger partial charge in [0, 0.05) is 0 Å². The van der Waals surface area contributed by atoms with Gasteiger partial charge in [0.1, 0.15) is 5.69 Å². The summed E-state index contributed by atoms with van der Waals surface area (Å²) in [6.45, 7) is 0. The lowest BCUT2D eigenvalue weighted by molar-refractivity contribution is 0.102. The highest BCUT2D eigenvalue weighted by Crippen LogP contribution is 2.32. The molecule has 0 spiro atoms. The van der Waals surface area contributed by atoms with Crippen molar-refractivity contribution in [1.82, 2.24) is 10.2 Å². The average Bonchev–Trinajstić information content (AvgIpc) is 2.76. The first-order valence-electron chi connectivity index (χ1n) is 4.96. The number of hydrogen-bond donors (Lipinski definition) is 2. The largest absolute Gasteiger partial charge is 0.493 e. The molecule has 2 rings (SSSR count). The number of halogens is 2. The molecule has 0 saturated heterocycles. The number of ether oxygens (including phenoxy) is 1. The van der Waals surface area contributed by atoms with Crippen LogP contribution in [0.2, 0.25) is 5.02 Å². The SMILES string of the molecule is COc1c(Cl)cccc1NC(=O)c1[nH]ncc1Br. The molecule has 0 saturated carbocycles. The Bertz CT molecular complexity index is 585. The molecule has 94 valence electrons. The topological polar surface area (TPSA) is 67.0 Å². The van der Waals surface area contributed by atoms with Crippen molar-refractivity contribution < 1.29 is 9.53 Å². The zero-order valence-electron chi connectivity index (χ0n) is 9.33. The molecule has 18 heavy (non-hydrogen) atoms. The number of rotatable bonds is 3. The fourth-order valence-corrected chi connectivity index (χ4v) is 2.05. The van der Waals surface area contributed by atoms with Crippen molar-refractivity contribution in [3.05, 3.63) is 39.6 Å². The van der Waals surface area contributed by atoms with Gasteiger partial charge in [0.25, 0.3) is 5.91 Å². The zero-order valence-corrected chi connectivity index (χ0v) is 11.7. The maximum absolute atomic E-state index is 12.0. The first-order chi connectivity index (χ1) is 8.63. The Morgan fingerprint density at radius 3 is 2.94 bits per heavy atom. The van der Waals surface area contributed by atoms with E-state index < -0.39 is 0 Å². The van der Waals surface area contributed by atoms with Crippen molar-refractivity contribution in [2.75, 3.05) is 12.4 Å². The summed E-state index contributed by atoms with van der Waals surface area (Å²) >= 11 is 9.18. The van der Waals surface area contributed by atoms with Gasteiger partial charge < -0.3 is 10.1 Å². The molecule has 0 aliphatic carbocycles. The number of aromatic nitrogens is 2. The highest BCUT2D eigenvalue weighted by Gasteiger charge is 2.15. The molecule has 1 aromatic carbocycles. The van der Waals surface area contributed by atoms with E-state index in [4.69, 9.17) is 16.3 Å². The lowest BCUT2D eigenvalue weighted by Crippen LogP contribution is -2.13. The van der Waals surface area contributed by atoms with Gasteiger partial charge >= 0.3 is 0 Å². The maximum Gasteiger partial charge on any atom is 0.274 e. The van der Waals surface area contributed by atoms with E-state index in [0.29, 0.717) is 26.6 Å². The van der Waals surface area contributed by atoms with Crippen LogP contribution >= 0.6 is 27.5 Å². The Morgan fingerprint density at radius 1 is 1.56 bits per heavy atom. The predicted molar refractivity (Wildman–Crippen MR) is 72.2 cm³/mol. The van der Waals surface area contributed by atoms with Gasteiger partial charge in [-0.25, -0.2) is 0 Å². The Morgan fingerprint density at radius 2 is 2.33 bits per heavy atom. The number of nitrogens with zero attached hydrogens (tertiary/aromatic N) is 1. The van der Waals surface area contributed by atoms with Crippen molar-refractivity contribution in [3.63, 3.8) is 0 Å².